The third-order valence-corrected chi connectivity index (χ3v) is 3.32. The number of nitrogens with one attached hydrogen (secondary N) is 1. The molecule has 0 aliphatic rings. The third kappa shape index (κ3) is 6.86. The summed E-state index contributed by atoms with van der Waals surface area (Å²) in [5.74, 6) is -0.662. The molecule has 0 aromatic carbocycles. The van der Waals surface area contributed by atoms with Crippen LogP contribution in [0.5, 0.6) is 0 Å². The van der Waals surface area contributed by atoms with Gasteiger partial charge in [0.2, 0.25) is 5.91 Å². The van der Waals surface area contributed by atoms with Crippen molar-refractivity contribution in [3.63, 3.8) is 0 Å². The molecule has 0 heterocycles. The van der Waals surface area contributed by atoms with Crippen molar-refractivity contribution >= 4 is 11.9 Å². The predicted octanol–water partition coefficient (Wildman–Crippen LogP) is 0.801. The Balaban J connectivity index is 4.84. The monoisotopic (exact) mass is 288 g/mol. The van der Waals surface area contributed by atoms with E-state index < -0.39 is 12.0 Å². The molecule has 0 radical (unpaired) electrons. The number of carbonyl (C=O) groups is 2. The molecular weight excluding hydrogens is 260 g/mol. The molecule has 0 rings (SSSR count). The average molecular weight is 288 g/mol. The van der Waals surface area contributed by atoms with Gasteiger partial charge in [-0.1, -0.05) is 13.8 Å². The van der Waals surface area contributed by atoms with Crippen LogP contribution in [-0.4, -0.2) is 62.8 Å². The highest BCUT2D eigenvalue weighted by atomic mass is 16.5. The number of hydrogen-bond donors (Lipinski definition) is 1. The molecule has 0 aromatic rings. The van der Waals surface area contributed by atoms with Crippen LogP contribution in [0.3, 0.4) is 0 Å². The first-order chi connectivity index (χ1) is 9.49. The van der Waals surface area contributed by atoms with Gasteiger partial charge in [-0.2, -0.15) is 0 Å². The second-order valence-corrected chi connectivity index (χ2v) is 4.73. The number of methoxy groups -OCH3 is 2. The van der Waals surface area contributed by atoms with Crippen LogP contribution in [0.2, 0.25) is 0 Å². The van der Waals surface area contributed by atoms with Gasteiger partial charge in [0.15, 0.2) is 0 Å². The van der Waals surface area contributed by atoms with Crippen molar-refractivity contribution in [1.29, 1.82) is 0 Å². The fourth-order valence-corrected chi connectivity index (χ4v) is 2.24. The van der Waals surface area contributed by atoms with Gasteiger partial charge in [-0.25, -0.2) is 4.79 Å². The van der Waals surface area contributed by atoms with E-state index in [4.69, 9.17) is 9.47 Å². The van der Waals surface area contributed by atoms with Gasteiger partial charge in [0.1, 0.15) is 6.04 Å². The van der Waals surface area contributed by atoms with Gasteiger partial charge in [-0.3, -0.25) is 9.69 Å². The Morgan fingerprint density at radius 3 is 2.20 bits per heavy atom. The van der Waals surface area contributed by atoms with Gasteiger partial charge in [0.05, 0.1) is 13.7 Å². The van der Waals surface area contributed by atoms with Crippen LogP contribution in [0.25, 0.3) is 0 Å². The Hall–Kier alpha value is -1.14. The van der Waals surface area contributed by atoms with E-state index in [2.05, 4.69) is 24.1 Å². The van der Waals surface area contributed by atoms with E-state index in [1.807, 2.05) is 0 Å². The fourth-order valence-electron chi connectivity index (χ4n) is 2.24. The minimum atomic E-state index is -0.644. The molecule has 1 unspecified atom stereocenters. The largest absolute Gasteiger partial charge is 0.467 e. The summed E-state index contributed by atoms with van der Waals surface area (Å²) in [6.07, 6.45) is 1.96. The minimum Gasteiger partial charge on any atom is -0.467 e. The van der Waals surface area contributed by atoms with Crippen molar-refractivity contribution in [3.05, 3.63) is 0 Å². The summed E-state index contributed by atoms with van der Waals surface area (Å²) in [5, 5.41) is 2.64. The molecule has 20 heavy (non-hydrogen) atoms. The Morgan fingerprint density at radius 1 is 1.20 bits per heavy atom. The Morgan fingerprint density at radius 2 is 1.80 bits per heavy atom. The molecule has 6 heteroatoms. The van der Waals surface area contributed by atoms with Gasteiger partial charge < -0.3 is 14.8 Å². The number of carbonyl (C=O) groups excluding carboxylic acids is 2. The van der Waals surface area contributed by atoms with Gasteiger partial charge >= 0.3 is 5.97 Å². The number of esters is 1. The van der Waals surface area contributed by atoms with Crippen molar-refractivity contribution < 1.29 is 19.1 Å². The molecule has 1 amide bonds. The second-order valence-electron chi connectivity index (χ2n) is 4.73. The molecule has 118 valence electrons. The van der Waals surface area contributed by atoms with E-state index in [-0.39, 0.29) is 5.91 Å². The molecule has 0 spiro atoms. The summed E-state index contributed by atoms with van der Waals surface area (Å²) in [4.78, 5) is 25.1. The molecule has 0 aromatic heterocycles. The summed E-state index contributed by atoms with van der Waals surface area (Å²) in [7, 11) is 2.98. The van der Waals surface area contributed by atoms with E-state index in [1.165, 1.54) is 14.0 Å². The van der Waals surface area contributed by atoms with Crippen molar-refractivity contribution in [1.82, 2.24) is 10.2 Å². The number of nitrogens with zero attached hydrogens (tertiary/aromatic N) is 1. The van der Waals surface area contributed by atoms with E-state index in [0.717, 1.165) is 19.4 Å². The van der Waals surface area contributed by atoms with Crippen LogP contribution in [-0.2, 0) is 19.1 Å². The van der Waals surface area contributed by atoms with Crippen molar-refractivity contribution in [2.24, 2.45) is 0 Å². The highest BCUT2D eigenvalue weighted by Gasteiger charge is 2.26. The number of rotatable bonds is 10. The maximum absolute atomic E-state index is 11.8. The fraction of sp³-hybridized carbons (Fsp3) is 0.857. The Kier molecular flexibility index (Phi) is 10.0. The summed E-state index contributed by atoms with van der Waals surface area (Å²) in [6, 6.07) is -0.291. The number of amides is 1. The highest BCUT2D eigenvalue weighted by Crippen LogP contribution is 2.10. The predicted molar refractivity (Wildman–Crippen MR) is 77.4 cm³/mol. The summed E-state index contributed by atoms with van der Waals surface area (Å²) in [6.45, 7) is 7.36. The summed E-state index contributed by atoms with van der Waals surface area (Å²) >= 11 is 0. The Labute approximate surface area is 121 Å². The Bertz CT molecular complexity index is 293. The highest BCUT2D eigenvalue weighted by molar-refractivity contribution is 5.83. The van der Waals surface area contributed by atoms with Crippen LogP contribution in [0.4, 0.5) is 0 Å². The zero-order valence-corrected chi connectivity index (χ0v) is 13.3. The van der Waals surface area contributed by atoms with Crippen LogP contribution >= 0.6 is 0 Å². The molecule has 0 saturated carbocycles. The lowest BCUT2D eigenvalue weighted by Gasteiger charge is -2.32. The molecule has 1 N–H and O–H groups in total. The molecule has 0 aliphatic heterocycles. The normalized spacial score (nSPS) is 12.6. The standard InChI is InChI=1S/C14H28N2O4/c1-6-12(7-2)16(8-9-19-4)10-13(14(18)20-5)15-11(3)17/h12-13H,6-10H2,1-5H3,(H,15,17). The zero-order valence-electron chi connectivity index (χ0n) is 13.3. The van der Waals surface area contributed by atoms with Crippen molar-refractivity contribution in [2.75, 3.05) is 33.9 Å². The third-order valence-electron chi connectivity index (χ3n) is 3.32. The van der Waals surface area contributed by atoms with Gasteiger partial charge in [-0.15, -0.1) is 0 Å². The molecule has 0 bridgehead atoms. The van der Waals surface area contributed by atoms with Crippen LogP contribution < -0.4 is 5.32 Å². The van der Waals surface area contributed by atoms with Crippen molar-refractivity contribution in [2.45, 2.75) is 45.7 Å². The van der Waals surface area contributed by atoms with E-state index >= 15 is 0 Å². The maximum atomic E-state index is 11.8. The second kappa shape index (κ2) is 10.6. The van der Waals surface area contributed by atoms with Gasteiger partial charge in [-0.05, 0) is 12.8 Å². The smallest absolute Gasteiger partial charge is 0.329 e. The SMILES string of the molecule is CCC(CC)N(CCOC)CC(NC(C)=O)C(=O)OC. The molecular formula is C14H28N2O4. The quantitative estimate of drug-likeness (QED) is 0.602. The first-order valence-electron chi connectivity index (χ1n) is 7.07. The van der Waals surface area contributed by atoms with Crippen LogP contribution in [0, 0.1) is 0 Å². The number of hydrogen-bond acceptors (Lipinski definition) is 5. The maximum Gasteiger partial charge on any atom is 0.329 e. The molecule has 1 atom stereocenters. The van der Waals surface area contributed by atoms with E-state index in [9.17, 15) is 9.59 Å². The van der Waals surface area contributed by atoms with Gasteiger partial charge in [0.25, 0.3) is 0 Å². The first-order valence-corrected chi connectivity index (χ1v) is 7.07. The average Bonchev–Trinajstić information content (AvgIpc) is 2.43. The van der Waals surface area contributed by atoms with E-state index in [0.29, 0.717) is 19.2 Å². The van der Waals surface area contributed by atoms with Crippen LogP contribution in [0.1, 0.15) is 33.6 Å². The molecule has 6 nitrogen and oxygen atoms in total. The molecule has 0 saturated heterocycles. The zero-order chi connectivity index (χ0) is 15.5. The van der Waals surface area contributed by atoms with Crippen molar-refractivity contribution in [3.8, 4) is 0 Å². The lowest BCUT2D eigenvalue weighted by molar-refractivity contribution is -0.145. The molecule has 0 aliphatic carbocycles. The van der Waals surface area contributed by atoms with E-state index in [1.54, 1.807) is 7.11 Å². The topological polar surface area (TPSA) is 67.9 Å². The lowest BCUT2D eigenvalue weighted by atomic mass is 10.1. The lowest BCUT2D eigenvalue weighted by Crippen LogP contribution is -2.51. The summed E-state index contributed by atoms with van der Waals surface area (Å²) < 4.78 is 9.87. The minimum absolute atomic E-state index is 0.239. The first kappa shape index (κ1) is 18.9. The molecule has 0 fully saturated rings. The number of ether oxygens (including phenoxy) is 2. The van der Waals surface area contributed by atoms with Crippen LogP contribution in [0.15, 0.2) is 0 Å². The summed E-state index contributed by atoms with van der Waals surface area (Å²) in [5.41, 5.74) is 0. The van der Waals surface area contributed by atoms with Gasteiger partial charge in [0, 0.05) is 33.2 Å².